The van der Waals surface area contributed by atoms with Gasteiger partial charge in [-0.3, -0.25) is 0 Å². The van der Waals surface area contributed by atoms with Crippen molar-refractivity contribution in [1.29, 1.82) is 0 Å². The van der Waals surface area contributed by atoms with Gasteiger partial charge in [-0.15, -0.1) is 22.7 Å². The fourth-order valence-electron chi connectivity index (χ4n) is 6.73. The molecule has 0 aliphatic carbocycles. The summed E-state index contributed by atoms with van der Waals surface area (Å²) in [5.74, 6) is 0. The number of benzene rings is 7. The second-order valence-corrected chi connectivity index (χ2v) is 17.0. The predicted octanol–water partition coefficient (Wildman–Crippen LogP) is 12.4. The van der Waals surface area contributed by atoms with Crippen molar-refractivity contribution in [2.45, 2.75) is 13.8 Å². The molecule has 0 aliphatic rings. The van der Waals surface area contributed by atoms with E-state index in [1.807, 2.05) is 22.7 Å². The highest BCUT2D eigenvalue weighted by molar-refractivity contribution is 14.1. The molecular formula is C30H12I4S2. The topological polar surface area (TPSA) is 0 Å². The Balaban J connectivity index is 1.85. The van der Waals surface area contributed by atoms with Crippen LogP contribution in [0, 0.1) is 28.1 Å². The van der Waals surface area contributed by atoms with Gasteiger partial charge in [0.25, 0.3) is 0 Å². The van der Waals surface area contributed by atoms with E-state index in [1.165, 1.54) is 109 Å². The van der Waals surface area contributed by atoms with Crippen LogP contribution in [0.4, 0.5) is 0 Å². The Morgan fingerprint density at radius 2 is 0.722 bits per heavy atom. The van der Waals surface area contributed by atoms with Crippen molar-refractivity contribution < 1.29 is 0 Å². The largest absolute Gasteiger partial charge is 0.140 e. The molecule has 9 rings (SSSR count). The molecule has 0 bridgehead atoms. The third-order valence-electron chi connectivity index (χ3n) is 7.90. The van der Waals surface area contributed by atoms with Crippen molar-refractivity contribution in [3.05, 3.63) is 60.4 Å². The van der Waals surface area contributed by atoms with Crippen LogP contribution < -0.4 is 0 Å². The first-order valence-electron chi connectivity index (χ1n) is 11.5. The summed E-state index contributed by atoms with van der Waals surface area (Å²) in [6.07, 6.45) is 0. The molecule has 0 nitrogen and oxygen atoms in total. The van der Waals surface area contributed by atoms with Gasteiger partial charge in [0, 0.05) is 87.3 Å². The zero-order chi connectivity index (χ0) is 24.4. The monoisotopic (exact) mass is 944 g/mol. The van der Waals surface area contributed by atoms with E-state index in [0.717, 1.165) is 0 Å². The van der Waals surface area contributed by atoms with Crippen molar-refractivity contribution in [3.8, 4) is 0 Å². The Morgan fingerprint density at radius 3 is 1.11 bits per heavy atom. The molecule has 0 radical (unpaired) electrons. The normalized spacial score (nSPS) is 13.3. The lowest BCUT2D eigenvalue weighted by atomic mass is 9.81. The lowest BCUT2D eigenvalue weighted by Gasteiger charge is -2.24. The number of thiophene rings is 2. The Bertz CT molecular complexity index is 2100. The minimum Gasteiger partial charge on any atom is -0.140 e. The molecule has 0 saturated carbocycles. The molecule has 7 aromatic carbocycles. The van der Waals surface area contributed by atoms with Crippen LogP contribution in [0.2, 0.25) is 0 Å². The van der Waals surface area contributed by atoms with Gasteiger partial charge >= 0.3 is 0 Å². The van der Waals surface area contributed by atoms with Gasteiger partial charge in [0.1, 0.15) is 0 Å². The molecule has 36 heavy (non-hydrogen) atoms. The molecule has 0 amide bonds. The molecule has 0 N–H and O–H groups in total. The van der Waals surface area contributed by atoms with Crippen molar-refractivity contribution in [2.75, 3.05) is 0 Å². The summed E-state index contributed by atoms with van der Waals surface area (Å²) in [6.45, 7) is 4.51. The maximum Gasteiger partial charge on any atom is 0.0431 e. The molecule has 0 atom stereocenters. The van der Waals surface area contributed by atoms with Gasteiger partial charge in [-0.2, -0.15) is 0 Å². The van der Waals surface area contributed by atoms with Crippen LogP contribution in [-0.4, -0.2) is 0 Å². The van der Waals surface area contributed by atoms with Crippen molar-refractivity contribution in [2.24, 2.45) is 0 Å². The lowest BCUT2D eigenvalue weighted by Crippen LogP contribution is -1.98. The number of fused-ring (bicyclic) bond motifs is 6. The van der Waals surface area contributed by atoms with Crippen LogP contribution in [0.15, 0.2) is 36.4 Å². The Morgan fingerprint density at radius 1 is 0.389 bits per heavy atom. The second kappa shape index (κ2) is 7.26. The fourth-order valence-corrected chi connectivity index (χ4v) is 13.3. The first-order chi connectivity index (χ1) is 17.3. The van der Waals surface area contributed by atoms with Crippen LogP contribution in [0.3, 0.4) is 0 Å². The summed E-state index contributed by atoms with van der Waals surface area (Å²) in [7, 11) is 0. The van der Waals surface area contributed by atoms with E-state index >= 15 is 0 Å². The van der Waals surface area contributed by atoms with Crippen LogP contribution >= 0.6 is 113 Å². The highest BCUT2D eigenvalue weighted by Crippen LogP contribution is 2.56. The van der Waals surface area contributed by atoms with E-state index in [2.05, 4.69) is 141 Å². The highest BCUT2D eigenvalue weighted by Gasteiger charge is 2.28. The summed E-state index contributed by atoms with van der Waals surface area (Å²) < 4.78 is 8.32. The van der Waals surface area contributed by atoms with Gasteiger partial charge in [-0.05, 0) is 162 Å². The van der Waals surface area contributed by atoms with Gasteiger partial charge < -0.3 is 0 Å². The molecule has 2 heterocycles. The first-order valence-corrected chi connectivity index (χ1v) is 17.5. The van der Waals surface area contributed by atoms with Crippen LogP contribution in [0.25, 0.3) is 84.8 Å². The molecule has 0 fully saturated rings. The average Bonchev–Trinajstić information content (AvgIpc) is 3.41. The molecule has 6 heteroatoms. The number of halogens is 4. The zero-order valence-electron chi connectivity index (χ0n) is 18.8. The second-order valence-electron chi connectivity index (χ2n) is 9.82. The van der Waals surface area contributed by atoms with E-state index < -0.39 is 0 Å². The predicted molar refractivity (Wildman–Crippen MR) is 196 cm³/mol. The average molecular weight is 944 g/mol. The summed E-state index contributed by atoms with van der Waals surface area (Å²) in [4.78, 5) is 2.77. The SMILES string of the molecule is Cc1cc2c3cc(I)c4c(I)cc5c6sc(C)cc6c6cc(I)c7c(I)cc(c2s1)c1c7c6c5c4c31. The van der Waals surface area contributed by atoms with Gasteiger partial charge in [-0.1, -0.05) is 0 Å². The van der Waals surface area contributed by atoms with Gasteiger partial charge in [0.2, 0.25) is 0 Å². The number of hydrogen-bond donors (Lipinski definition) is 0. The van der Waals surface area contributed by atoms with Gasteiger partial charge in [0.05, 0.1) is 0 Å². The van der Waals surface area contributed by atoms with Crippen molar-refractivity contribution in [1.82, 2.24) is 0 Å². The highest BCUT2D eigenvalue weighted by atomic mass is 127. The Kier molecular flexibility index (Phi) is 4.55. The van der Waals surface area contributed by atoms with Crippen molar-refractivity contribution in [3.63, 3.8) is 0 Å². The maximum atomic E-state index is 2.59. The standard InChI is InChI=1S/C30H12I4S2/c1-9-3-13-11-5-17(31)25-20(34)8-16-24-22-12(14-4-10(2)36-30(14)16)6-18(32)26-19(33)7-15(29(13)35-9)23(28(22)26)21(11)27(24)25/h3-8H,1-2H3. The number of hydrogen-bond acceptors (Lipinski definition) is 2. The third-order valence-corrected chi connectivity index (χ3v) is 13.5. The van der Waals surface area contributed by atoms with E-state index in [-0.39, 0.29) is 0 Å². The summed E-state index contributed by atoms with van der Waals surface area (Å²) in [6, 6.07) is 14.7. The van der Waals surface area contributed by atoms with Crippen molar-refractivity contribution >= 4 is 198 Å². The molecule has 0 spiro atoms. The van der Waals surface area contributed by atoms with Crippen LogP contribution in [0.1, 0.15) is 9.75 Å². The summed E-state index contributed by atoms with van der Waals surface area (Å²) in [5, 5.41) is 20.2. The fraction of sp³-hybridized carbons (Fsp3) is 0.0667. The lowest BCUT2D eigenvalue weighted by molar-refractivity contribution is 1.66. The van der Waals surface area contributed by atoms with Gasteiger partial charge in [0.15, 0.2) is 0 Å². The van der Waals surface area contributed by atoms with Crippen LogP contribution in [0.5, 0.6) is 0 Å². The molecule has 172 valence electrons. The molecule has 9 aromatic rings. The van der Waals surface area contributed by atoms with E-state index in [9.17, 15) is 0 Å². The van der Waals surface area contributed by atoms with E-state index in [0.29, 0.717) is 0 Å². The number of rotatable bonds is 0. The van der Waals surface area contributed by atoms with E-state index in [1.54, 1.807) is 0 Å². The molecule has 0 unspecified atom stereocenters. The number of aryl methyl sites for hydroxylation is 2. The minimum atomic E-state index is 1.36. The first kappa shape index (κ1) is 22.5. The molecule has 2 aromatic heterocycles. The smallest absolute Gasteiger partial charge is 0.0431 e. The molecule has 0 saturated heterocycles. The van der Waals surface area contributed by atoms with Gasteiger partial charge in [-0.25, -0.2) is 0 Å². The maximum absolute atomic E-state index is 2.59. The molecular weight excluding hydrogens is 932 g/mol. The minimum absolute atomic E-state index is 1.36. The van der Waals surface area contributed by atoms with Crippen LogP contribution in [-0.2, 0) is 0 Å². The Hall–Kier alpha value is -0.280. The molecule has 0 aliphatic heterocycles. The summed E-state index contributed by atoms with van der Waals surface area (Å²) >= 11 is 14.3. The summed E-state index contributed by atoms with van der Waals surface area (Å²) in [5.41, 5.74) is 0. The quantitative estimate of drug-likeness (QED) is 0.0807. The van der Waals surface area contributed by atoms with E-state index in [4.69, 9.17) is 0 Å². The third kappa shape index (κ3) is 2.52. The zero-order valence-corrected chi connectivity index (χ0v) is 29.1. The Labute approximate surface area is 268 Å².